The van der Waals surface area contributed by atoms with E-state index in [1.54, 1.807) is 0 Å². The van der Waals surface area contributed by atoms with E-state index in [0.29, 0.717) is 6.04 Å². The van der Waals surface area contributed by atoms with Crippen molar-refractivity contribution < 1.29 is 4.74 Å². The molecule has 17 heavy (non-hydrogen) atoms. The van der Waals surface area contributed by atoms with Crippen LogP contribution in [-0.2, 0) is 4.74 Å². The van der Waals surface area contributed by atoms with Gasteiger partial charge in [0, 0.05) is 35.9 Å². The Labute approximate surface area is 105 Å². The first-order valence-electron chi connectivity index (χ1n) is 5.94. The number of fused-ring (bicyclic) bond motifs is 1. The van der Waals surface area contributed by atoms with E-state index in [9.17, 15) is 0 Å². The van der Waals surface area contributed by atoms with Crippen molar-refractivity contribution in [2.75, 3.05) is 18.5 Å². The van der Waals surface area contributed by atoms with Crippen molar-refractivity contribution in [3.63, 3.8) is 0 Å². The highest BCUT2D eigenvalue weighted by Gasteiger charge is 2.15. The number of aromatic nitrogens is 1. The van der Waals surface area contributed by atoms with Crippen LogP contribution in [-0.4, -0.2) is 24.2 Å². The van der Waals surface area contributed by atoms with E-state index in [4.69, 9.17) is 16.3 Å². The zero-order valence-corrected chi connectivity index (χ0v) is 10.3. The van der Waals surface area contributed by atoms with Gasteiger partial charge in [-0.15, -0.1) is 0 Å². The van der Waals surface area contributed by atoms with Crippen LogP contribution in [0, 0.1) is 0 Å². The van der Waals surface area contributed by atoms with E-state index in [2.05, 4.69) is 10.3 Å². The second-order valence-corrected chi connectivity index (χ2v) is 4.86. The molecule has 1 aliphatic heterocycles. The van der Waals surface area contributed by atoms with Gasteiger partial charge >= 0.3 is 0 Å². The Morgan fingerprint density at radius 2 is 2.12 bits per heavy atom. The average Bonchev–Trinajstić information content (AvgIpc) is 2.78. The number of hydrogen-bond donors (Lipinski definition) is 2. The first-order valence-corrected chi connectivity index (χ1v) is 6.31. The van der Waals surface area contributed by atoms with Crippen molar-refractivity contribution >= 4 is 28.2 Å². The van der Waals surface area contributed by atoms with Gasteiger partial charge in [-0.25, -0.2) is 0 Å². The summed E-state index contributed by atoms with van der Waals surface area (Å²) in [7, 11) is 0. The van der Waals surface area contributed by atoms with Gasteiger partial charge < -0.3 is 15.0 Å². The molecule has 0 unspecified atom stereocenters. The Morgan fingerprint density at radius 1 is 1.29 bits per heavy atom. The van der Waals surface area contributed by atoms with Crippen LogP contribution in [0.25, 0.3) is 10.9 Å². The lowest BCUT2D eigenvalue weighted by Gasteiger charge is -2.24. The van der Waals surface area contributed by atoms with Crippen LogP contribution < -0.4 is 5.32 Å². The summed E-state index contributed by atoms with van der Waals surface area (Å²) in [4.78, 5) is 3.25. The van der Waals surface area contributed by atoms with E-state index < -0.39 is 0 Å². The number of ether oxygens (including phenoxy) is 1. The maximum Gasteiger partial charge on any atom is 0.0690 e. The van der Waals surface area contributed by atoms with Gasteiger partial charge in [-0.3, -0.25) is 0 Å². The molecule has 0 aliphatic carbocycles. The molecule has 0 spiro atoms. The van der Waals surface area contributed by atoms with Gasteiger partial charge in [0.1, 0.15) is 0 Å². The molecule has 0 radical (unpaired) electrons. The van der Waals surface area contributed by atoms with Crippen LogP contribution in [0.15, 0.2) is 24.4 Å². The highest BCUT2D eigenvalue weighted by molar-refractivity contribution is 6.31. The van der Waals surface area contributed by atoms with Gasteiger partial charge in [-0.1, -0.05) is 11.6 Å². The van der Waals surface area contributed by atoms with E-state index in [1.165, 1.54) is 0 Å². The second-order valence-electron chi connectivity index (χ2n) is 4.43. The monoisotopic (exact) mass is 250 g/mol. The Bertz CT molecular complexity index is 517. The van der Waals surface area contributed by atoms with Crippen molar-refractivity contribution in [2.24, 2.45) is 0 Å². The number of hydrogen-bond acceptors (Lipinski definition) is 2. The van der Waals surface area contributed by atoms with Crippen LogP contribution in [0.1, 0.15) is 12.8 Å². The maximum atomic E-state index is 6.12. The number of aromatic amines is 1. The number of nitrogens with one attached hydrogen (secondary N) is 2. The molecular formula is C13H15ClN2O. The fourth-order valence-corrected chi connectivity index (χ4v) is 2.54. The molecule has 0 saturated carbocycles. The molecule has 2 N–H and O–H groups in total. The SMILES string of the molecule is Clc1cc(NC2CCOCC2)c2[nH]ccc2c1. The van der Waals surface area contributed by atoms with E-state index in [-0.39, 0.29) is 0 Å². The molecule has 3 nitrogen and oxygen atoms in total. The number of anilines is 1. The molecule has 1 fully saturated rings. The molecule has 0 atom stereocenters. The predicted molar refractivity (Wildman–Crippen MR) is 70.8 cm³/mol. The molecule has 90 valence electrons. The summed E-state index contributed by atoms with van der Waals surface area (Å²) in [5.74, 6) is 0. The van der Waals surface area contributed by atoms with Gasteiger partial charge in [0.25, 0.3) is 0 Å². The smallest absolute Gasteiger partial charge is 0.0690 e. The summed E-state index contributed by atoms with van der Waals surface area (Å²) in [6.07, 6.45) is 4.04. The quantitative estimate of drug-likeness (QED) is 0.857. The average molecular weight is 251 g/mol. The molecule has 3 rings (SSSR count). The standard InChI is InChI=1S/C13H15ClN2O/c14-10-7-9-1-4-15-13(9)12(8-10)16-11-2-5-17-6-3-11/h1,4,7-8,11,15-16H,2-3,5-6H2. The first kappa shape index (κ1) is 10.9. The lowest BCUT2D eigenvalue weighted by atomic mass is 10.1. The Balaban J connectivity index is 1.90. The Morgan fingerprint density at radius 3 is 2.94 bits per heavy atom. The third-order valence-electron chi connectivity index (χ3n) is 3.21. The summed E-state index contributed by atoms with van der Waals surface area (Å²) < 4.78 is 5.36. The summed E-state index contributed by atoms with van der Waals surface area (Å²) in [6.45, 7) is 1.68. The molecule has 0 bridgehead atoms. The summed E-state index contributed by atoms with van der Waals surface area (Å²) in [6, 6.07) is 6.48. The number of benzene rings is 1. The Kier molecular flexibility index (Phi) is 2.95. The third kappa shape index (κ3) is 2.26. The van der Waals surface area contributed by atoms with E-state index in [0.717, 1.165) is 47.7 Å². The molecule has 1 aromatic heterocycles. The normalized spacial score (nSPS) is 17.5. The van der Waals surface area contributed by atoms with Crippen LogP contribution in [0.3, 0.4) is 0 Å². The zero-order chi connectivity index (χ0) is 11.7. The highest BCUT2D eigenvalue weighted by Crippen LogP contribution is 2.28. The number of halogens is 1. The van der Waals surface area contributed by atoms with Gasteiger partial charge in [-0.05, 0) is 31.0 Å². The molecule has 4 heteroatoms. The zero-order valence-electron chi connectivity index (χ0n) is 9.50. The fourth-order valence-electron chi connectivity index (χ4n) is 2.31. The second kappa shape index (κ2) is 4.59. The molecule has 1 aliphatic rings. The van der Waals surface area contributed by atoms with Crippen LogP contribution in [0.2, 0.25) is 5.02 Å². The first-order chi connectivity index (χ1) is 8.33. The van der Waals surface area contributed by atoms with E-state index >= 15 is 0 Å². The van der Waals surface area contributed by atoms with Crippen molar-refractivity contribution in [1.29, 1.82) is 0 Å². The minimum atomic E-state index is 0.480. The minimum Gasteiger partial charge on any atom is -0.381 e. The number of rotatable bonds is 2. The molecular weight excluding hydrogens is 236 g/mol. The lowest BCUT2D eigenvalue weighted by Crippen LogP contribution is -2.27. The van der Waals surface area contributed by atoms with Crippen molar-refractivity contribution in [1.82, 2.24) is 4.98 Å². The molecule has 2 heterocycles. The topological polar surface area (TPSA) is 37.0 Å². The minimum absolute atomic E-state index is 0.480. The molecule has 1 saturated heterocycles. The summed E-state index contributed by atoms with van der Waals surface area (Å²) in [5, 5.41) is 5.47. The Hall–Kier alpha value is -1.19. The van der Waals surface area contributed by atoms with Crippen molar-refractivity contribution in [3.05, 3.63) is 29.4 Å². The van der Waals surface area contributed by atoms with Gasteiger partial charge in [0.15, 0.2) is 0 Å². The largest absolute Gasteiger partial charge is 0.381 e. The van der Waals surface area contributed by atoms with Crippen LogP contribution in [0.5, 0.6) is 0 Å². The van der Waals surface area contributed by atoms with Crippen molar-refractivity contribution in [2.45, 2.75) is 18.9 Å². The molecule has 1 aromatic carbocycles. The maximum absolute atomic E-state index is 6.12. The van der Waals surface area contributed by atoms with E-state index in [1.807, 2.05) is 24.4 Å². The van der Waals surface area contributed by atoms with Gasteiger partial charge in [0.2, 0.25) is 0 Å². The third-order valence-corrected chi connectivity index (χ3v) is 3.42. The van der Waals surface area contributed by atoms with Gasteiger partial charge in [-0.2, -0.15) is 0 Å². The molecule has 2 aromatic rings. The summed E-state index contributed by atoms with van der Waals surface area (Å²) in [5.41, 5.74) is 2.21. The van der Waals surface area contributed by atoms with Gasteiger partial charge in [0.05, 0.1) is 11.2 Å². The van der Waals surface area contributed by atoms with Crippen molar-refractivity contribution in [3.8, 4) is 0 Å². The number of H-pyrrole nitrogens is 1. The van der Waals surface area contributed by atoms with Crippen LogP contribution >= 0.6 is 11.6 Å². The summed E-state index contributed by atoms with van der Waals surface area (Å²) >= 11 is 6.12. The predicted octanol–water partition coefficient (Wildman–Crippen LogP) is 3.41. The highest BCUT2D eigenvalue weighted by atomic mass is 35.5. The fraction of sp³-hybridized carbons (Fsp3) is 0.385. The molecule has 0 amide bonds. The van der Waals surface area contributed by atoms with Crippen LogP contribution in [0.4, 0.5) is 5.69 Å². The lowest BCUT2D eigenvalue weighted by molar-refractivity contribution is 0.0905.